The molecule has 1 aliphatic rings. The van der Waals surface area contributed by atoms with Crippen molar-refractivity contribution in [2.45, 2.75) is 25.0 Å². The van der Waals surface area contributed by atoms with Crippen LogP contribution in [0.25, 0.3) is 0 Å². The summed E-state index contributed by atoms with van der Waals surface area (Å²) >= 11 is 0. The lowest BCUT2D eigenvalue weighted by atomic mass is 10.1. The molecule has 2 aromatic rings. The molecule has 3 rings (SSSR count). The Balaban J connectivity index is 1.74. The number of rotatable bonds is 3. The zero-order valence-electron chi connectivity index (χ0n) is 10.7. The van der Waals surface area contributed by atoms with E-state index in [1.807, 2.05) is 30.3 Å². The van der Waals surface area contributed by atoms with Crippen molar-refractivity contribution < 1.29 is 5.11 Å². The topological polar surface area (TPSA) is 58.3 Å². The summed E-state index contributed by atoms with van der Waals surface area (Å²) in [5, 5.41) is 13.3. The van der Waals surface area contributed by atoms with Gasteiger partial charge in [-0.2, -0.15) is 0 Å². The number of para-hydroxylation sites is 1. The minimum absolute atomic E-state index is 0.109. The number of fused-ring (bicyclic) bond motifs is 1. The molecule has 1 aliphatic carbocycles. The number of hydrogen-bond donors (Lipinski definition) is 3. The van der Waals surface area contributed by atoms with Gasteiger partial charge in [0.1, 0.15) is 5.75 Å². The van der Waals surface area contributed by atoms with Crippen molar-refractivity contribution >= 4 is 0 Å². The fraction of sp³-hybridized carbons (Fsp3) is 0.250. The third kappa shape index (κ3) is 2.35. The average Bonchev–Trinajstić information content (AvgIpc) is 2.75. The molecule has 0 saturated carbocycles. The van der Waals surface area contributed by atoms with E-state index in [9.17, 15) is 5.11 Å². The summed E-state index contributed by atoms with van der Waals surface area (Å²) in [5.74, 6) is 0.339. The second-order valence-electron chi connectivity index (χ2n) is 5.03. The number of nitrogens with two attached hydrogens (primary N) is 1. The van der Waals surface area contributed by atoms with Crippen molar-refractivity contribution in [1.29, 1.82) is 0 Å². The highest BCUT2D eigenvalue weighted by Crippen LogP contribution is 2.37. The summed E-state index contributed by atoms with van der Waals surface area (Å²) in [6.45, 7) is 0.651. The van der Waals surface area contributed by atoms with E-state index in [-0.39, 0.29) is 12.1 Å². The van der Waals surface area contributed by atoms with Gasteiger partial charge in [0.25, 0.3) is 0 Å². The molecule has 0 aliphatic heterocycles. The van der Waals surface area contributed by atoms with Crippen molar-refractivity contribution in [3.05, 3.63) is 65.2 Å². The summed E-state index contributed by atoms with van der Waals surface area (Å²) in [7, 11) is 0. The van der Waals surface area contributed by atoms with Crippen LogP contribution in [0.4, 0.5) is 0 Å². The Morgan fingerprint density at radius 3 is 2.53 bits per heavy atom. The molecule has 3 nitrogen and oxygen atoms in total. The van der Waals surface area contributed by atoms with Gasteiger partial charge in [-0.05, 0) is 23.6 Å². The lowest BCUT2D eigenvalue weighted by Gasteiger charge is -2.14. The molecule has 2 atom stereocenters. The first kappa shape index (κ1) is 12.2. The monoisotopic (exact) mass is 254 g/mol. The zero-order valence-corrected chi connectivity index (χ0v) is 10.7. The van der Waals surface area contributed by atoms with Gasteiger partial charge in [0.15, 0.2) is 0 Å². The van der Waals surface area contributed by atoms with Gasteiger partial charge in [0.2, 0.25) is 0 Å². The zero-order chi connectivity index (χ0) is 13.2. The van der Waals surface area contributed by atoms with E-state index in [1.165, 1.54) is 11.1 Å². The SMILES string of the molecule is NC1CC(NCc2ccccc2O)c2ccccc21. The van der Waals surface area contributed by atoms with Gasteiger partial charge >= 0.3 is 0 Å². The Labute approximate surface area is 113 Å². The third-order valence-corrected chi connectivity index (χ3v) is 3.79. The Hall–Kier alpha value is -1.84. The molecule has 3 heteroatoms. The van der Waals surface area contributed by atoms with Crippen LogP contribution in [-0.4, -0.2) is 5.11 Å². The predicted molar refractivity (Wildman–Crippen MR) is 75.7 cm³/mol. The molecule has 2 aromatic carbocycles. The van der Waals surface area contributed by atoms with Crippen LogP contribution in [0, 0.1) is 0 Å². The Kier molecular flexibility index (Phi) is 3.23. The fourth-order valence-electron chi connectivity index (χ4n) is 2.76. The normalized spacial score (nSPS) is 21.3. The van der Waals surface area contributed by atoms with Crippen molar-refractivity contribution in [2.24, 2.45) is 5.73 Å². The molecule has 19 heavy (non-hydrogen) atoms. The quantitative estimate of drug-likeness (QED) is 0.789. The first-order valence-corrected chi connectivity index (χ1v) is 6.60. The minimum Gasteiger partial charge on any atom is -0.508 e. The van der Waals surface area contributed by atoms with Gasteiger partial charge in [-0.25, -0.2) is 0 Å². The van der Waals surface area contributed by atoms with E-state index in [0.717, 1.165) is 12.0 Å². The second-order valence-corrected chi connectivity index (χ2v) is 5.03. The third-order valence-electron chi connectivity index (χ3n) is 3.79. The number of phenolic OH excluding ortho intramolecular Hbond substituents is 1. The van der Waals surface area contributed by atoms with Gasteiger partial charge in [-0.3, -0.25) is 0 Å². The van der Waals surface area contributed by atoms with E-state index in [1.54, 1.807) is 6.07 Å². The van der Waals surface area contributed by atoms with E-state index in [4.69, 9.17) is 5.73 Å². The van der Waals surface area contributed by atoms with Gasteiger partial charge in [-0.1, -0.05) is 42.5 Å². The van der Waals surface area contributed by atoms with Crippen LogP contribution in [0.3, 0.4) is 0 Å². The van der Waals surface area contributed by atoms with Gasteiger partial charge in [0, 0.05) is 24.2 Å². The summed E-state index contributed by atoms with van der Waals surface area (Å²) in [4.78, 5) is 0. The molecular formula is C16H18N2O. The first-order chi connectivity index (χ1) is 9.25. The van der Waals surface area contributed by atoms with Crippen LogP contribution in [0.15, 0.2) is 48.5 Å². The van der Waals surface area contributed by atoms with Crippen molar-refractivity contribution in [1.82, 2.24) is 5.32 Å². The maximum Gasteiger partial charge on any atom is 0.120 e. The molecule has 0 bridgehead atoms. The molecule has 0 fully saturated rings. The van der Waals surface area contributed by atoms with Crippen molar-refractivity contribution in [3.63, 3.8) is 0 Å². The fourth-order valence-corrected chi connectivity index (χ4v) is 2.76. The van der Waals surface area contributed by atoms with Crippen molar-refractivity contribution in [3.8, 4) is 5.75 Å². The highest BCUT2D eigenvalue weighted by atomic mass is 16.3. The van der Waals surface area contributed by atoms with Crippen LogP contribution < -0.4 is 11.1 Å². The number of aromatic hydroxyl groups is 1. The van der Waals surface area contributed by atoms with E-state index in [2.05, 4.69) is 17.4 Å². The van der Waals surface area contributed by atoms with E-state index < -0.39 is 0 Å². The van der Waals surface area contributed by atoms with Crippen LogP contribution in [0.1, 0.15) is 35.2 Å². The molecule has 98 valence electrons. The summed E-state index contributed by atoms with van der Waals surface area (Å²) in [6, 6.07) is 16.1. The maximum absolute atomic E-state index is 9.77. The molecule has 0 spiro atoms. The standard InChI is InChI=1S/C16H18N2O/c17-14-9-15(13-7-3-2-6-12(13)14)18-10-11-5-1-4-8-16(11)19/h1-8,14-15,18-19H,9-10,17H2. The van der Waals surface area contributed by atoms with Gasteiger partial charge in [-0.15, -0.1) is 0 Å². The molecule has 0 radical (unpaired) electrons. The molecule has 0 saturated heterocycles. The van der Waals surface area contributed by atoms with Crippen molar-refractivity contribution in [2.75, 3.05) is 0 Å². The summed E-state index contributed by atoms with van der Waals surface area (Å²) in [6.07, 6.45) is 0.910. The summed E-state index contributed by atoms with van der Waals surface area (Å²) in [5.41, 5.74) is 9.58. The number of nitrogens with one attached hydrogen (secondary N) is 1. The lowest BCUT2D eigenvalue weighted by Crippen LogP contribution is -2.19. The lowest BCUT2D eigenvalue weighted by molar-refractivity contribution is 0.452. The highest BCUT2D eigenvalue weighted by molar-refractivity contribution is 5.38. The van der Waals surface area contributed by atoms with Crippen LogP contribution in [-0.2, 0) is 6.54 Å². The van der Waals surface area contributed by atoms with Gasteiger partial charge in [0.05, 0.1) is 0 Å². The second kappa shape index (κ2) is 5.03. The smallest absolute Gasteiger partial charge is 0.120 e. The number of phenols is 1. The molecule has 0 aromatic heterocycles. The first-order valence-electron chi connectivity index (χ1n) is 6.60. The Morgan fingerprint density at radius 1 is 1.05 bits per heavy atom. The van der Waals surface area contributed by atoms with Crippen LogP contribution in [0.2, 0.25) is 0 Å². The Morgan fingerprint density at radius 2 is 1.74 bits per heavy atom. The maximum atomic E-state index is 9.77. The molecular weight excluding hydrogens is 236 g/mol. The number of benzene rings is 2. The highest BCUT2D eigenvalue weighted by Gasteiger charge is 2.27. The van der Waals surface area contributed by atoms with E-state index in [0.29, 0.717) is 12.3 Å². The number of hydrogen-bond acceptors (Lipinski definition) is 3. The van der Waals surface area contributed by atoms with Gasteiger partial charge < -0.3 is 16.2 Å². The predicted octanol–water partition coefficient (Wildman–Crippen LogP) is 2.63. The van der Waals surface area contributed by atoms with Crippen LogP contribution >= 0.6 is 0 Å². The molecule has 4 N–H and O–H groups in total. The molecule has 0 amide bonds. The van der Waals surface area contributed by atoms with E-state index >= 15 is 0 Å². The summed E-state index contributed by atoms with van der Waals surface area (Å²) < 4.78 is 0. The Bertz CT molecular complexity index is 582. The largest absolute Gasteiger partial charge is 0.508 e. The molecule has 2 unspecified atom stereocenters. The average molecular weight is 254 g/mol. The van der Waals surface area contributed by atoms with Crippen LogP contribution in [0.5, 0.6) is 5.75 Å². The molecule has 0 heterocycles. The minimum atomic E-state index is 0.109.